The average Bonchev–Trinajstić information content (AvgIpc) is 3.00. The summed E-state index contributed by atoms with van der Waals surface area (Å²) in [5.74, 6) is 0.863. The molecule has 2 aromatic rings. The first kappa shape index (κ1) is 15.9. The van der Waals surface area contributed by atoms with E-state index in [0.29, 0.717) is 0 Å². The molecule has 0 saturated heterocycles. The molecule has 1 aromatic carbocycles. The third-order valence-corrected chi connectivity index (χ3v) is 4.04. The van der Waals surface area contributed by atoms with Crippen molar-refractivity contribution in [3.05, 3.63) is 34.7 Å². The summed E-state index contributed by atoms with van der Waals surface area (Å²) in [6.07, 6.45) is 2.01. The molecule has 2 rings (SSSR count). The van der Waals surface area contributed by atoms with Crippen molar-refractivity contribution in [3.8, 4) is 17.0 Å². The second-order valence-electron chi connectivity index (χ2n) is 4.70. The van der Waals surface area contributed by atoms with Crippen molar-refractivity contribution >= 4 is 11.3 Å². The van der Waals surface area contributed by atoms with Gasteiger partial charge in [0.1, 0.15) is 5.75 Å². The average molecular weight is 306 g/mol. The maximum absolute atomic E-state index is 5.25. The van der Waals surface area contributed by atoms with Crippen LogP contribution in [0.15, 0.2) is 29.6 Å². The van der Waals surface area contributed by atoms with Crippen LogP contribution in [0.4, 0.5) is 0 Å². The Morgan fingerprint density at radius 1 is 1.24 bits per heavy atom. The second-order valence-corrected chi connectivity index (χ2v) is 5.65. The largest absolute Gasteiger partial charge is 0.497 e. The quantitative estimate of drug-likeness (QED) is 0.723. The Balaban J connectivity index is 1.83. The van der Waals surface area contributed by atoms with Gasteiger partial charge in [0.15, 0.2) is 0 Å². The Kier molecular flexibility index (Phi) is 6.66. The molecule has 1 heterocycles. The molecule has 114 valence electrons. The third-order valence-electron chi connectivity index (χ3n) is 3.13. The zero-order valence-electron chi connectivity index (χ0n) is 12.6. The number of hydrogen-bond acceptors (Lipinski definition) is 5. The lowest BCUT2D eigenvalue weighted by Gasteiger charge is -2.03. The van der Waals surface area contributed by atoms with Gasteiger partial charge in [-0.25, -0.2) is 4.98 Å². The summed E-state index contributed by atoms with van der Waals surface area (Å²) in [5.41, 5.74) is 2.12. The Hall–Kier alpha value is -1.43. The van der Waals surface area contributed by atoms with Gasteiger partial charge < -0.3 is 14.8 Å². The Morgan fingerprint density at radius 3 is 2.95 bits per heavy atom. The van der Waals surface area contributed by atoms with Gasteiger partial charge in [-0.15, -0.1) is 11.3 Å². The molecule has 0 aliphatic heterocycles. The first-order valence-corrected chi connectivity index (χ1v) is 8.00. The van der Waals surface area contributed by atoms with Gasteiger partial charge in [-0.3, -0.25) is 0 Å². The summed E-state index contributed by atoms with van der Waals surface area (Å²) in [5, 5.41) is 6.67. The van der Waals surface area contributed by atoms with Gasteiger partial charge in [0.25, 0.3) is 0 Å². The number of hydrogen-bond donors (Lipinski definition) is 1. The smallest absolute Gasteiger partial charge is 0.119 e. The molecule has 1 N–H and O–H groups in total. The van der Waals surface area contributed by atoms with Crippen molar-refractivity contribution in [2.24, 2.45) is 0 Å². The number of nitrogens with zero attached hydrogens (tertiary/aromatic N) is 1. The maximum Gasteiger partial charge on any atom is 0.119 e. The topological polar surface area (TPSA) is 43.4 Å². The van der Waals surface area contributed by atoms with Gasteiger partial charge in [0, 0.05) is 37.6 Å². The van der Waals surface area contributed by atoms with Crippen LogP contribution in [-0.2, 0) is 11.2 Å². The van der Waals surface area contributed by atoms with Crippen molar-refractivity contribution in [1.29, 1.82) is 0 Å². The molecule has 4 nitrogen and oxygen atoms in total. The molecule has 21 heavy (non-hydrogen) atoms. The van der Waals surface area contributed by atoms with Crippen LogP contribution in [0.5, 0.6) is 5.75 Å². The number of nitrogens with one attached hydrogen (secondary N) is 1. The zero-order chi connectivity index (χ0) is 14.9. The molecule has 1 aromatic heterocycles. The molecule has 0 atom stereocenters. The lowest BCUT2D eigenvalue weighted by Crippen LogP contribution is -2.19. The minimum atomic E-state index is 0.810. The van der Waals surface area contributed by atoms with Crippen LogP contribution in [0.1, 0.15) is 11.4 Å². The van der Waals surface area contributed by atoms with Crippen LogP contribution in [0.2, 0.25) is 0 Å². The summed E-state index contributed by atoms with van der Waals surface area (Å²) >= 11 is 1.71. The van der Waals surface area contributed by atoms with E-state index in [0.717, 1.165) is 54.6 Å². The van der Waals surface area contributed by atoms with Crippen molar-refractivity contribution < 1.29 is 9.47 Å². The van der Waals surface area contributed by atoms with Gasteiger partial charge in [-0.05, 0) is 25.1 Å². The standard InChI is InChI=1S/C16H22N2O2S/c1-19-10-4-8-17-9-7-16-18-15(12-21-16)13-5-3-6-14(11-13)20-2/h3,5-6,11-12,17H,4,7-10H2,1-2H3. The first-order valence-electron chi connectivity index (χ1n) is 7.12. The number of ether oxygens (including phenoxy) is 2. The predicted octanol–water partition coefficient (Wildman–Crippen LogP) is 2.99. The summed E-state index contributed by atoms with van der Waals surface area (Å²) in [6.45, 7) is 2.75. The van der Waals surface area contributed by atoms with Crippen LogP contribution in [0, 0.1) is 0 Å². The fourth-order valence-electron chi connectivity index (χ4n) is 2.00. The van der Waals surface area contributed by atoms with E-state index in [2.05, 4.69) is 21.7 Å². The minimum Gasteiger partial charge on any atom is -0.497 e. The predicted molar refractivity (Wildman–Crippen MR) is 87.2 cm³/mol. The van der Waals surface area contributed by atoms with Crippen molar-refractivity contribution in [1.82, 2.24) is 10.3 Å². The number of aromatic nitrogens is 1. The van der Waals surface area contributed by atoms with E-state index < -0.39 is 0 Å². The molecule has 0 fully saturated rings. The molecule has 0 saturated carbocycles. The molecular formula is C16H22N2O2S. The van der Waals surface area contributed by atoms with Gasteiger partial charge >= 0.3 is 0 Å². The van der Waals surface area contributed by atoms with Crippen LogP contribution in [0.3, 0.4) is 0 Å². The fraction of sp³-hybridized carbons (Fsp3) is 0.438. The van der Waals surface area contributed by atoms with E-state index in [-0.39, 0.29) is 0 Å². The van der Waals surface area contributed by atoms with Crippen LogP contribution in [0.25, 0.3) is 11.3 Å². The SMILES string of the molecule is COCCCNCCc1nc(-c2cccc(OC)c2)cs1. The highest BCUT2D eigenvalue weighted by Crippen LogP contribution is 2.25. The van der Waals surface area contributed by atoms with Gasteiger partial charge in [-0.2, -0.15) is 0 Å². The molecular weight excluding hydrogens is 284 g/mol. The molecule has 0 aliphatic rings. The van der Waals surface area contributed by atoms with Crippen molar-refractivity contribution in [2.75, 3.05) is 33.9 Å². The number of methoxy groups -OCH3 is 2. The molecule has 0 spiro atoms. The van der Waals surface area contributed by atoms with E-state index in [9.17, 15) is 0 Å². The summed E-state index contributed by atoms with van der Waals surface area (Å²) in [7, 11) is 3.41. The summed E-state index contributed by atoms with van der Waals surface area (Å²) in [4.78, 5) is 4.69. The molecule has 0 aliphatic carbocycles. The summed E-state index contributed by atoms with van der Waals surface area (Å²) < 4.78 is 10.3. The third kappa shape index (κ3) is 5.12. The van der Waals surface area contributed by atoms with E-state index in [1.165, 1.54) is 0 Å². The second kappa shape index (κ2) is 8.77. The van der Waals surface area contributed by atoms with Gasteiger partial charge in [0.2, 0.25) is 0 Å². The normalized spacial score (nSPS) is 10.8. The lowest BCUT2D eigenvalue weighted by molar-refractivity contribution is 0.194. The van der Waals surface area contributed by atoms with E-state index in [1.54, 1.807) is 25.6 Å². The number of rotatable bonds is 9. The van der Waals surface area contributed by atoms with Crippen LogP contribution >= 0.6 is 11.3 Å². The fourth-order valence-corrected chi connectivity index (χ4v) is 2.81. The van der Waals surface area contributed by atoms with Crippen LogP contribution in [-0.4, -0.2) is 38.9 Å². The molecule has 0 amide bonds. The number of thiazole rings is 1. The van der Waals surface area contributed by atoms with E-state index >= 15 is 0 Å². The van der Waals surface area contributed by atoms with Crippen molar-refractivity contribution in [3.63, 3.8) is 0 Å². The highest BCUT2D eigenvalue weighted by atomic mass is 32.1. The van der Waals surface area contributed by atoms with E-state index in [1.807, 2.05) is 18.2 Å². The first-order chi connectivity index (χ1) is 10.3. The van der Waals surface area contributed by atoms with E-state index in [4.69, 9.17) is 9.47 Å². The van der Waals surface area contributed by atoms with Gasteiger partial charge in [-0.1, -0.05) is 12.1 Å². The molecule has 0 radical (unpaired) electrons. The minimum absolute atomic E-state index is 0.810. The van der Waals surface area contributed by atoms with Crippen molar-refractivity contribution in [2.45, 2.75) is 12.8 Å². The Morgan fingerprint density at radius 2 is 2.14 bits per heavy atom. The van der Waals surface area contributed by atoms with Crippen LogP contribution < -0.4 is 10.1 Å². The Labute approximate surface area is 130 Å². The summed E-state index contributed by atoms with van der Waals surface area (Å²) in [6, 6.07) is 8.01. The maximum atomic E-state index is 5.25. The monoisotopic (exact) mass is 306 g/mol. The zero-order valence-corrected chi connectivity index (χ0v) is 13.4. The highest BCUT2D eigenvalue weighted by Gasteiger charge is 2.05. The number of benzene rings is 1. The molecule has 0 bridgehead atoms. The highest BCUT2D eigenvalue weighted by molar-refractivity contribution is 7.09. The molecule has 5 heteroatoms. The van der Waals surface area contributed by atoms with Gasteiger partial charge in [0.05, 0.1) is 17.8 Å². The lowest BCUT2D eigenvalue weighted by atomic mass is 10.2. The Bertz CT molecular complexity index is 543. The molecule has 0 unspecified atom stereocenters.